The Morgan fingerprint density at radius 3 is 0.944 bits per heavy atom. The third-order valence-corrected chi connectivity index (χ3v) is 15.6. The van der Waals surface area contributed by atoms with Crippen molar-refractivity contribution in [3.8, 4) is 0 Å². The van der Waals surface area contributed by atoms with E-state index in [2.05, 4.69) is 19.2 Å². The van der Waals surface area contributed by atoms with Gasteiger partial charge in [-0.2, -0.15) is 0 Å². The van der Waals surface area contributed by atoms with Crippen molar-refractivity contribution in [1.82, 2.24) is 5.32 Å². The van der Waals surface area contributed by atoms with Gasteiger partial charge in [0.05, 0.1) is 25.4 Å². The Morgan fingerprint density at radius 1 is 0.375 bits per heavy atom. The number of carbonyl (C=O) groups is 2. The summed E-state index contributed by atoms with van der Waals surface area (Å²) in [7, 11) is 0. The van der Waals surface area contributed by atoms with E-state index in [1.165, 1.54) is 308 Å². The first kappa shape index (κ1) is 70.6. The fraction of sp³-hybridized carbons (Fsp3) is 0.939. The van der Waals surface area contributed by atoms with E-state index in [-0.39, 0.29) is 18.5 Å². The molecule has 2 atom stereocenters. The first-order valence-corrected chi connectivity index (χ1v) is 33.0. The number of hydrogen-bond acceptors (Lipinski definition) is 5. The van der Waals surface area contributed by atoms with Crippen molar-refractivity contribution in [2.24, 2.45) is 0 Å². The van der Waals surface area contributed by atoms with Gasteiger partial charge in [0.1, 0.15) is 0 Å². The van der Waals surface area contributed by atoms with Crippen molar-refractivity contribution in [2.45, 2.75) is 386 Å². The molecule has 6 nitrogen and oxygen atoms in total. The van der Waals surface area contributed by atoms with E-state index in [4.69, 9.17) is 4.74 Å². The van der Waals surface area contributed by atoms with Crippen LogP contribution >= 0.6 is 0 Å². The summed E-state index contributed by atoms with van der Waals surface area (Å²) >= 11 is 0. The average Bonchev–Trinajstić information content (AvgIpc) is 3.38. The Labute approximate surface area is 450 Å². The third-order valence-electron chi connectivity index (χ3n) is 15.6. The highest BCUT2D eigenvalue weighted by Gasteiger charge is 2.18. The van der Waals surface area contributed by atoms with Crippen LogP contribution in [0.25, 0.3) is 0 Å². The van der Waals surface area contributed by atoms with Gasteiger partial charge in [-0.25, -0.2) is 0 Å². The van der Waals surface area contributed by atoms with E-state index in [1.54, 1.807) is 6.08 Å². The molecule has 2 unspecified atom stereocenters. The summed E-state index contributed by atoms with van der Waals surface area (Å²) in [4.78, 5) is 24.5. The summed E-state index contributed by atoms with van der Waals surface area (Å²) in [5, 5.41) is 23.2. The lowest BCUT2D eigenvalue weighted by Crippen LogP contribution is -2.45. The number of allylic oxidation sites excluding steroid dienone is 1. The van der Waals surface area contributed by atoms with E-state index in [1.807, 2.05) is 6.08 Å². The van der Waals surface area contributed by atoms with Crippen molar-refractivity contribution < 1.29 is 24.5 Å². The van der Waals surface area contributed by atoms with Gasteiger partial charge in [0.15, 0.2) is 0 Å². The minimum Gasteiger partial charge on any atom is -0.466 e. The fourth-order valence-corrected chi connectivity index (χ4v) is 10.5. The summed E-state index contributed by atoms with van der Waals surface area (Å²) < 4.78 is 5.48. The molecule has 0 aliphatic carbocycles. The SMILES string of the molecule is CCCCCCCCCCCCCCCCCCCCC/C=C/C(O)C(CO)NC(=O)CCCCCCCCCCCCCCCCCCCCCCCCOC(=O)CCCCCCCCCCCCCC. The molecule has 0 aromatic carbocycles. The van der Waals surface area contributed by atoms with Crippen LogP contribution in [0.1, 0.15) is 373 Å². The molecular weight excluding hydrogens is 887 g/mol. The molecule has 6 heteroatoms. The van der Waals surface area contributed by atoms with Crippen LogP contribution in [0.4, 0.5) is 0 Å². The van der Waals surface area contributed by atoms with Crippen molar-refractivity contribution in [3.05, 3.63) is 12.2 Å². The van der Waals surface area contributed by atoms with E-state index in [0.717, 1.165) is 38.5 Å². The topological polar surface area (TPSA) is 95.9 Å². The lowest BCUT2D eigenvalue weighted by Gasteiger charge is -2.20. The lowest BCUT2D eigenvalue weighted by molar-refractivity contribution is -0.143. The highest BCUT2D eigenvalue weighted by atomic mass is 16.5. The number of aliphatic hydroxyl groups excluding tert-OH is 2. The molecule has 72 heavy (non-hydrogen) atoms. The molecule has 0 bridgehead atoms. The van der Waals surface area contributed by atoms with Crippen LogP contribution in [0.15, 0.2) is 12.2 Å². The van der Waals surface area contributed by atoms with Crippen LogP contribution in [-0.4, -0.2) is 47.4 Å². The van der Waals surface area contributed by atoms with E-state index >= 15 is 0 Å². The average molecular weight is 1020 g/mol. The second-order valence-corrected chi connectivity index (χ2v) is 22.8. The molecule has 1 amide bonds. The van der Waals surface area contributed by atoms with Crippen LogP contribution in [0.2, 0.25) is 0 Å². The maximum absolute atomic E-state index is 12.5. The second kappa shape index (κ2) is 62.1. The highest BCUT2D eigenvalue weighted by Crippen LogP contribution is 2.19. The predicted octanol–water partition coefficient (Wildman–Crippen LogP) is 20.8. The Bertz CT molecular complexity index is 1080. The molecule has 0 saturated carbocycles. The number of ether oxygens (including phenoxy) is 1. The number of rotatable bonds is 62. The number of aliphatic hydroxyl groups is 2. The number of carbonyl (C=O) groups excluding carboxylic acids is 2. The molecule has 0 radical (unpaired) electrons. The van der Waals surface area contributed by atoms with Crippen molar-refractivity contribution >= 4 is 11.9 Å². The number of unbranched alkanes of at least 4 members (excludes halogenated alkanes) is 51. The zero-order valence-corrected chi connectivity index (χ0v) is 48.9. The largest absolute Gasteiger partial charge is 0.466 e. The standard InChI is InChI=1S/C66H129NO5/c1-3-5-7-9-11-13-15-17-18-19-20-23-26-29-32-35-38-42-46-50-54-58-64(69)63(62-68)67-65(70)59-55-51-47-43-39-36-33-30-27-24-21-22-25-28-31-34-37-41-45-49-53-57-61-72-66(71)60-56-52-48-44-40-16-14-12-10-8-6-4-2/h54,58,63-64,68-69H,3-53,55-57,59-62H2,1-2H3,(H,67,70)/b58-54+. The molecular formula is C66H129NO5. The van der Waals surface area contributed by atoms with Crippen LogP contribution in [-0.2, 0) is 14.3 Å². The number of amides is 1. The Morgan fingerprint density at radius 2 is 0.639 bits per heavy atom. The minimum atomic E-state index is -0.845. The van der Waals surface area contributed by atoms with Gasteiger partial charge < -0.3 is 20.3 Å². The van der Waals surface area contributed by atoms with Gasteiger partial charge >= 0.3 is 5.97 Å². The molecule has 0 heterocycles. The smallest absolute Gasteiger partial charge is 0.305 e. The van der Waals surface area contributed by atoms with Gasteiger partial charge in [0.25, 0.3) is 0 Å². The first-order chi connectivity index (χ1) is 35.5. The summed E-state index contributed by atoms with van der Waals surface area (Å²) in [5.74, 6) is -0.0497. The highest BCUT2D eigenvalue weighted by molar-refractivity contribution is 5.76. The zero-order valence-electron chi connectivity index (χ0n) is 48.9. The van der Waals surface area contributed by atoms with Crippen LogP contribution in [0, 0.1) is 0 Å². The summed E-state index contributed by atoms with van der Waals surface area (Å²) in [6.07, 6.45) is 75.5. The zero-order chi connectivity index (χ0) is 52.2. The van der Waals surface area contributed by atoms with Gasteiger partial charge in [-0.05, 0) is 32.1 Å². The third kappa shape index (κ3) is 57.9. The summed E-state index contributed by atoms with van der Waals surface area (Å²) in [6.45, 7) is 4.94. The van der Waals surface area contributed by atoms with Gasteiger partial charge in [-0.15, -0.1) is 0 Å². The van der Waals surface area contributed by atoms with Gasteiger partial charge in [0.2, 0.25) is 5.91 Å². The molecule has 3 N–H and O–H groups in total. The summed E-state index contributed by atoms with van der Waals surface area (Å²) in [6, 6.07) is -0.628. The molecule has 0 aromatic rings. The van der Waals surface area contributed by atoms with Crippen LogP contribution in [0.5, 0.6) is 0 Å². The second-order valence-electron chi connectivity index (χ2n) is 22.8. The van der Waals surface area contributed by atoms with Gasteiger partial charge in [-0.1, -0.05) is 341 Å². The van der Waals surface area contributed by atoms with Gasteiger partial charge in [-0.3, -0.25) is 9.59 Å². The number of esters is 1. The van der Waals surface area contributed by atoms with E-state index in [9.17, 15) is 19.8 Å². The molecule has 0 rings (SSSR count). The van der Waals surface area contributed by atoms with E-state index in [0.29, 0.717) is 19.4 Å². The molecule has 0 aromatic heterocycles. The summed E-state index contributed by atoms with van der Waals surface area (Å²) in [5.41, 5.74) is 0. The Kier molecular flexibility index (Phi) is 60.9. The van der Waals surface area contributed by atoms with Crippen molar-refractivity contribution in [1.29, 1.82) is 0 Å². The molecule has 428 valence electrons. The fourth-order valence-electron chi connectivity index (χ4n) is 10.5. The van der Waals surface area contributed by atoms with Crippen molar-refractivity contribution in [2.75, 3.05) is 13.2 Å². The lowest BCUT2D eigenvalue weighted by atomic mass is 10.0. The molecule has 0 aliphatic heterocycles. The van der Waals surface area contributed by atoms with Crippen LogP contribution < -0.4 is 5.32 Å². The molecule has 0 saturated heterocycles. The molecule has 0 fully saturated rings. The number of nitrogens with one attached hydrogen (secondary N) is 1. The number of hydrogen-bond donors (Lipinski definition) is 3. The van der Waals surface area contributed by atoms with E-state index < -0.39 is 12.1 Å². The first-order valence-electron chi connectivity index (χ1n) is 33.0. The monoisotopic (exact) mass is 1020 g/mol. The van der Waals surface area contributed by atoms with Gasteiger partial charge in [0, 0.05) is 12.8 Å². The van der Waals surface area contributed by atoms with Crippen molar-refractivity contribution in [3.63, 3.8) is 0 Å². The quantitative estimate of drug-likeness (QED) is 0.0320. The minimum absolute atomic E-state index is 0.0143. The maximum Gasteiger partial charge on any atom is 0.305 e. The molecule has 0 aliphatic rings. The Balaban J connectivity index is 3.41. The predicted molar refractivity (Wildman–Crippen MR) is 315 cm³/mol. The Hall–Kier alpha value is -1.40. The molecule has 0 spiro atoms. The normalized spacial score (nSPS) is 12.6. The maximum atomic E-state index is 12.5. The van der Waals surface area contributed by atoms with Crippen LogP contribution in [0.3, 0.4) is 0 Å².